The number of nitrogens with zero attached hydrogens (tertiary/aromatic N) is 5. The first kappa shape index (κ1) is 20.2. The maximum absolute atomic E-state index is 5.93. The Morgan fingerprint density at radius 1 is 1.30 bits per heavy atom. The minimum Gasteiger partial charge on any atom is -0.444 e. The largest absolute Gasteiger partial charge is 0.444 e. The Bertz CT molecular complexity index is 991. The van der Waals surface area contributed by atoms with Crippen molar-refractivity contribution in [3.63, 3.8) is 0 Å². The van der Waals surface area contributed by atoms with E-state index in [1.54, 1.807) is 10.9 Å². The molecule has 2 aromatic heterocycles. The highest BCUT2D eigenvalue weighted by Crippen LogP contribution is 2.22. The molecule has 30 heavy (non-hydrogen) atoms. The molecule has 1 N–H and O–H groups in total. The second-order valence-corrected chi connectivity index (χ2v) is 7.49. The first-order valence-corrected chi connectivity index (χ1v) is 10.2. The van der Waals surface area contributed by atoms with Gasteiger partial charge in [0.05, 0.1) is 25.0 Å². The number of hydrogen-bond donors (Lipinski definition) is 1. The van der Waals surface area contributed by atoms with Crippen LogP contribution in [0, 0.1) is 6.92 Å². The van der Waals surface area contributed by atoms with Gasteiger partial charge in [-0.05, 0) is 19.1 Å². The number of aliphatic imine (C=N–C) groups is 1. The number of ether oxygens (including phenoxy) is 1. The zero-order valence-corrected chi connectivity index (χ0v) is 17.7. The summed E-state index contributed by atoms with van der Waals surface area (Å²) in [7, 11) is 3.72. The first-order valence-electron chi connectivity index (χ1n) is 10.2. The molecule has 158 valence electrons. The van der Waals surface area contributed by atoms with E-state index in [0.29, 0.717) is 12.5 Å². The van der Waals surface area contributed by atoms with Crippen molar-refractivity contribution >= 4 is 5.96 Å². The van der Waals surface area contributed by atoms with Crippen molar-refractivity contribution in [2.45, 2.75) is 19.4 Å². The van der Waals surface area contributed by atoms with Gasteiger partial charge in [-0.3, -0.25) is 9.67 Å². The summed E-state index contributed by atoms with van der Waals surface area (Å²) in [5.41, 5.74) is 4.22. The molecule has 1 unspecified atom stereocenters. The zero-order valence-electron chi connectivity index (χ0n) is 17.7. The minimum absolute atomic E-state index is 0.00129. The number of aryl methyl sites for hydroxylation is 2. The average Bonchev–Trinajstić information content (AvgIpc) is 3.41. The molecule has 3 aromatic rings. The molecule has 0 amide bonds. The van der Waals surface area contributed by atoms with Crippen molar-refractivity contribution in [2.75, 3.05) is 33.3 Å². The van der Waals surface area contributed by atoms with Crippen molar-refractivity contribution in [2.24, 2.45) is 12.0 Å². The Labute approximate surface area is 176 Å². The lowest BCUT2D eigenvalue weighted by Gasteiger charge is -2.34. The number of guanidine groups is 1. The number of benzene rings is 1. The van der Waals surface area contributed by atoms with Gasteiger partial charge in [-0.25, -0.2) is 4.98 Å². The fourth-order valence-electron chi connectivity index (χ4n) is 3.53. The van der Waals surface area contributed by atoms with Gasteiger partial charge < -0.3 is 19.4 Å². The van der Waals surface area contributed by atoms with E-state index in [4.69, 9.17) is 9.15 Å². The summed E-state index contributed by atoms with van der Waals surface area (Å²) in [5, 5.41) is 7.69. The summed E-state index contributed by atoms with van der Waals surface area (Å²) >= 11 is 0. The molecule has 4 rings (SSSR count). The number of nitrogens with one attached hydrogen (secondary N) is 1. The van der Waals surface area contributed by atoms with Crippen LogP contribution in [0.15, 0.2) is 52.3 Å². The van der Waals surface area contributed by atoms with Crippen molar-refractivity contribution in [1.82, 2.24) is 25.0 Å². The van der Waals surface area contributed by atoms with Crippen LogP contribution in [0.5, 0.6) is 0 Å². The lowest BCUT2D eigenvalue weighted by atomic mass is 10.1. The number of rotatable bonds is 5. The van der Waals surface area contributed by atoms with Crippen molar-refractivity contribution in [3.05, 3.63) is 59.7 Å². The van der Waals surface area contributed by atoms with Gasteiger partial charge in [-0.1, -0.05) is 17.7 Å². The molecule has 0 radical (unpaired) electrons. The van der Waals surface area contributed by atoms with E-state index < -0.39 is 0 Å². The highest BCUT2D eigenvalue weighted by atomic mass is 16.5. The van der Waals surface area contributed by atoms with Crippen LogP contribution in [0.4, 0.5) is 0 Å². The molecule has 1 atom stereocenters. The summed E-state index contributed by atoms with van der Waals surface area (Å²) in [6.45, 7) is 4.99. The van der Waals surface area contributed by atoms with Gasteiger partial charge in [0.15, 0.2) is 5.96 Å². The van der Waals surface area contributed by atoms with E-state index in [-0.39, 0.29) is 6.10 Å². The number of hydrogen-bond acceptors (Lipinski definition) is 5. The summed E-state index contributed by atoms with van der Waals surface area (Å²) in [6.07, 6.45) is 6.34. The van der Waals surface area contributed by atoms with Crippen molar-refractivity contribution < 1.29 is 9.15 Å². The van der Waals surface area contributed by atoms with Gasteiger partial charge in [0.25, 0.3) is 0 Å². The van der Waals surface area contributed by atoms with E-state index in [9.17, 15) is 0 Å². The molecule has 0 aliphatic carbocycles. The van der Waals surface area contributed by atoms with Crippen LogP contribution in [-0.4, -0.2) is 58.9 Å². The molecule has 0 bridgehead atoms. The molecular formula is C22H28N6O2. The fourth-order valence-corrected chi connectivity index (χ4v) is 3.53. The maximum atomic E-state index is 5.93. The Hall–Kier alpha value is -3.13. The van der Waals surface area contributed by atoms with Gasteiger partial charge in [-0.2, -0.15) is 5.10 Å². The highest BCUT2D eigenvalue weighted by molar-refractivity contribution is 5.80. The second kappa shape index (κ2) is 9.13. The molecule has 1 aliphatic heterocycles. The first-order chi connectivity index (χ1) is 14.6. The van der Waals surface area contributed by atoms with Gasteiger partial charge in [-0.15, -0.1) is 0 Å². The number of aromatic nitrogens is 3. The van der Waals surface area contributed by atoms with Gasteiger partial charge in [0, 0.05) is 50.9 Å². The Balaban J connectivity index is 1.31. The highest BCUT2D eigenvalue weighted by Gasteiger charge is 2.25. The van der Waals surface area contributed by atoms with Crippen LogP contribution in [0.1, 0.15) is 22.9 Å². The monoisotopic (exact) mass is 408 g/mol. The Morgan fingerprint density at radius 2 is 2.13 bits per heavy atom. The number of morpholine rings is 1. The van der Waals surface area contributed by atoms with E-state index in [0.717, 1.165) is 48.8 Å². The third-order valence-corrected chi connectivity index (χ3v) is 5.19. The Kier molecular flexibility index (Phi) is 6.13. The van der Waals surface area contributed by atoms with E-state index in [2.05, 4.69) is 44.3 Å². The SMILES string of the molecule is CN=C(NCCc1coc(-c2ccc(C)cc2)n1)N1CCOC(c2cnn(C)c2)C1. The van der Waals surface area contributed by atoms with Crippen LogP contribution in [0.2, 0.25) is 0 Å². The summed E-state index contributed by atoms with van der Waals surface area (Å²) in [4.78, 5) is 11.3. The average molecular weight is 409 g/mol. The number of oxazole rings is 1. The third kappa shape index (κ3) is 4.71. The van der Waals surface area contributed by atoms with Crippen LogP contribution >= 0.6 is 0 Å². The van der Waals surface area contributed by atoms with Crippen molar-refractivity contribution in [3.8, 4) is 11.5 Å². The van der Waals surface area contributed by atoms with Gasteiger partial charge in [0.1, 0.15) is 12.4 Å². The molecule has 1 aromatic carbocycles. The standard InChI is InChI=1S/C22H28N6O2/c1-16-4-6-17(7-5-16)21-26-19(15-30-21)8-9-24-22(23-2)28-10-11-29-20(14-28)18-12-25-27(3)13-18/h4-7,12-13,15,20H,8-11,14H2,1-3H3,(H,23,24). The van der Waals surface area contributed by atoms with E-state index in [1.165, 1.54) is 5.56 Å². The molecule has 1 saturated heterocycles. The smallest absolute Gasteiger partial charge is 0.226 e. The zero-order chi connectivity index (χ0) is 20.9. The van der Waals surface area contributed by atoms with Crippen LogP contribution in [0.3, 0.4) is 0 Å². The summed E-state index contributed by atoms with van der Waals surface area (Å²) < 4.78 is 13.4. The summed E-state index contributed by atoms with van der Waals surface area (Å²) in [6, 6.07) is 8.18. The predicted octanol–water partition coefficient (Wildman–Crippen LogP) is 2.57. The van der Waals surface area contributed by atoms with E-state index >= 15 is 0 Å². The predicted molar refractivity (Wildman–Crippen MR) is 115 cm³/mol. The molecule has 0 spiro atoms. The second-order valence-electron chi connectivity index (χ2n) is 7.49. The third-order valence-electron chi connectivity index (χ3n) is 5.19. The van der Waals surface area contributed by atoms with Crippen molar-refractivity contribution in [1.29, 1.82) is 0 Å². The molecule has 3 heterocycles. The topological polar surface area (TPSA) is 80.7 Å². The molecular weight excluding hydrogens is 380 g/mol. The maximum Gasteiger partial charge on any atom is 0.226 e. The summed E-state index contributed by atoms with van der Waals surface area (Å²) in [5.74, 6) is 1.52. The lowest BCUT2D eigenvalue weighted by molar-refractivity contribution is -0.00801. The van der Waals surface area contributed by atoms with Gasteiger partial charge in [0.2, 0.25) is 5.89 Å². The molecule has 1 aliphatic rings. The molecule has 1 fully saturated rings. The van der Waals surface area contributed by atoms with Crippen LogP contribution in [-0.2, 0) is 18.2 Å². The van der Waals surface area contributed by atoms with Crippen LogP contribution < -0.4 is 5.32 Å². The minimum atomic E-state index is -0.00129. The van der Waals surface area contributed by atoms with Gasteiger partial charge >= 0.3 is 0 Å². The molecule has 0 saturated carbocycles. The molecule has 8 heteroatoms. The normalized spacial score (nSPS) is 17.4. The lowest BCUT2D eigenvalue weighted by Crippen LogP contribution is -2.48. The van der Waals surface area contributed by atoms with E-state index in [1.807, 2.05) is 38.6 Å². The van der Waals surface area contributed by atoms with Crippen LogP contribution in [0.25, 0.3) is 11.5 Å². The fraction of sp³-hybridized carbons (Fsp3) is 0.409. The Morgan fingerprint density at radius 3 is 2.87 bits per heavy atom. The quantitative estimate of drug-likeness (QED) is 0.516. The molecule has 8 nitrogen and oxygen atoms in total.